The third kappa shape index (κ3) is 4.49. The van der Waals surface area contributed by atoms with E-state index in [1.807, 2.05) is 42.1 Å². The average Bonchev–Trinajstić information content (AvgIpc) is 2.70. The predicted octanol–water partition coefficient (Wildman–Crippen LogP) is 2.15. The lowest BCUT2D eigenvalue weighted by Gasteiger charge is -2.48. The normalized spacial score (nSPS) is 21.0. The largest absolute Gasteiger partial charge is 0.341 e. The van der Waals surface area contributed by atoms with Gasteiger partial charge in [-0.1, -0.05) is 13.0 Å². The van der Waals surface area contributed by atoms with Crippen molar-refractivity contribution in [2.24, 2.45) is 5.41 Å². The van der Waals surface area contributed by atoms with Gasteiger partial charge in [-0.3, -0.25) is 19.5 Å². The van der Waals surface area contributed by atoms with Crippen LogP contribution >= 0.6 is 0 Å². The Kier molecular flexibility index (Phi) is 6.15. The smallest absolute Gasteiger partial charge is 0.239 e. The molecule has 1 aromatic rings. The molecule has 2 aliphatic rings. The summed E-state index contributed by atoms with van der Waals surface area (Å²) in [5, 5.41) is 0. The Labute approximate surface area is 162 Å². The standard InChI is InChI=1S/C21H32N4O2/c1-4-23(3)17(2)20(27)24-12-9-21(10-13-24)8-7-19(26)25(16-21)15-18-6-5-11-22-14-18/h5-6,11,14,17H,4,7-10,12-13,15-16H2,1-3H3/t17-/m1/s1. The monoisotopic (exact) mass is 372 g/mol. The molecule has 148 valence electrons. The van der Waals surface area contributed by atoms with Crippen LogP contribution < -0.4 is 0 Å². The van der Waals surface area contributed by atoms with Gasteiger partial charge in [0.25, 0.3) is 0 Å². The highest BCUT2D eigenvalue weighted by Gasteiger charge is 2.42. The van der Waals surface area contributed by atoms with E-state index in [1.165, 1.54) is 0 Å². The second kappa shape index (κ2) is 8.38. The summed E-state index contributed by atoms with van der Waals surface area (Å²) in [6, 6.07) is 3.87. The number of hydrogen-bond acceptors (Lipinski definition) is 4. The number of carbonyl (C=O) groups excluding carboxylic acids is 2. The molecular formula is C21H32N4O2. The Morgan fingerprint density at radius 2 is 2.07 bits per heavy atom. The Balaban J connectivity index is 1.60. The van der Waals surface area contributed by atoms with Gasteiger partial charge in [0, 0.05) is 45.0 Å². The van der Waals surface area contributed by atoms with E-state index in [2.05, 4.69) is 16.8 Å². The van der Waals surface area contributed by atoms with E-state index in [0.29, 0.717) is 13.0 Å². The molecule has 0 aliphatic carbocycles. The first-order chi connectivity index (χ1) is 12.9. The van der Waals surface area contributed by atoms with Crippen LogP contribution in [-0.2, 0) is 16.1 Å². The lowest BCUT2D eigenvalue weighted by molar-refractivity contribution is -0.144. The number of aromatic nitrogens is 1. The molecule has 6 nitrogen and oxygen atoms in total. The SMILES string of the molecule is CCN(C)[C@H](C)C(=O)N1CCC2(CCC(=O)N(Cc3cccnc3)C2)CC1. The number of likely N-dealkylation sites (tertiary alicyclic amines) is 2. The summed E-state index contributed by atoms with van der Waals surface area (Å²) in [4.78, 5) is 35.4. The van der Waals surface area contributed by atoms with Crippen molar-refractivity contribution in [3.8, 4) is 0 Å². The van der Waals surface area contributed by atoms with E-state index in [9.17, 15) is 9.59 Å². The zero-order valence-electron chi connectivity index (χ0n) is 16.9. The van der Waals surface area contributed by atoms with Gasteiger partial charge in [-0.05, 0) is 56.8 Å². The van der Waals surface area contributed by atoms with Crippen molar-refractivity contribution in [2.45, 2.75) is 52.1 Å². The molecule has 2 saturated heterocycles. The lowest BCUT2D eigenvalue weighted by atomic mass is 9.72. The Bertz CT molecular complexity index is 655. The maximum absolute atomic E-state index is 12.7. The summed E-state index contributed by atoms with van der Waals surface area (Å²) < 4.78 is 0. The number of hydrogen-bond donors (Lipinski definition) is 0. The van der Waals surface area contributed by atoms with Crippen molar-refractivity contribution in [3.63, 3.8) is 0 Å². The molecule has 3 rings (SSSR count). The predicted molar refractivity (Wildman–Crippen MR) is 105 cm³/mol. The highest BCUT2D eigenvalue weighted by atomic mass is 16.2. The van der Waals surface area contributed by atoms with E-state index >= 15 is 0 Å². The number of rotatable bonds is 5. The van der Waals surface area contributed by atoms with E-state index < -0.39 is 0 Å². The van der Waals surface area contributed by atoms with Crippen LogP contribution in [0.25, 0.3) is 0 Å². The lowest BCUT2D eigenvalue weighted by Crippen LogP contribution is -2.54. The van der Waals surface area contributed by atoms with Gasteiger partial charge in [0.2, 0.25) is 11.8 Å². The molecule has 1 atom stereocenters. The van der Waals surface area contributed by atoms with Crippen molar-refractivity contribution in [3.05, 3.63) is 30.1 Å². The van der Waals surface area contributed by atoms with Crippen molar-refractivity contribution >= 4 is 11.8 Å². The fourth-order valence-electron chi connectivity index (χ4n) is 4.29. The number of likely N-dealkylation sites (N-methyl/N-ethyl adjacent to an activating group) is 1. The van der Waals surface area contributed by atoms with Crippen LogP contribution in [0.5, 0.6) is 0 Å². The molecule has 1 aromatic heterocycles. The third-order valence-corrected chi connectivity index (χ3v) is 6.50. The summed E-state index contributed by atoms with van der Waals surface area (Å²) in [7, 11) is 2.00. The molecule has 0 N–H and O–H groups in total. The molecule has 2 amide bonds. The summed E-state index contributed by atoms with van der Waals surface area (Å²) in [6.07, 6.45) is 7.12. The van der Waals surface area contributed by atoms with Crippen LogP contribution in [0.15, 0.2) is 24.5 Å². The number of amides is 2. The Morgan fingerprint density at radius 3 is 2.70 bits per heavy atom. The Hall–Kier alpha value is -1.95. The zero-order valence-corrected chi connectivity index (χ0v) is 16.9. The topological polar surface area (TPSA) is 56.8 Å². The van der Waals surface area contributed by atoms with E-state index in [1.54, 1.807) is 6.20 Å². The van der Waals surface area contributed by atoms with Crippen LogP contribution in [0.2, 0.25) is 0 Å². The van der Waals surface area contributed by atoms with Crippen LogP contribution in [0.4, 0.5) is 0 Å². The first-order valence-corrected chi connectivity index (χ1v) is 10.1. The number of carbonyl (C=O) groups is 2. The summed E-state index contributed by atoms with van der Waals surface area (Å²) in [5.74, 6) is 0.467. The fraction of sp³-hybridized carbons (Fsp3) is 0.667. The third-order valence-electron chi connectivity index (χ3n) is 6.50. The van der Waals surface area contributed by atoms with Gasteiger partial charge in [-0.25, -0.2) is 0 Å². The second-order valence-electron chi connectivity index (χ2n) is 8.19. The zero-order chi connectivity index (χ0) is 19.4. The highest BCUT2D eigenvalue weighted by molar-refractivity contribution is 5.81. The van der Waals surface area contributed by atoms with Gasteiger partial charge in [0.1, 0.15) is 0 Å². The molecule has 0 bridgehead atoms. The first-order valence-electron chi connectivity index (χ1n) is 10.1. The summed E-state index contributed by atoms with van der Waals surface area (Å²) in [6.45, 7) is 7.97. The van der Waals surface area contributed by atoms with Gasteiger partial charge < -0.3 is 9.80 Å². The van der Waals surface area contributed by atoms with Crippen LogP contribution in [0.3, 0.4) is 0 Å². The minimum atomic E-state index is -0.0703. The molecule has 2 fully saturated rings. The molecular weight excluding hydrogens is 340 g/mol. The van der Waals surface area contributed by atoms with Gasteiger partial charge in [0.15, 0.2) is 0 Å². The van der Waals surface area contributed by atoms with Gasteiger partial charge in [-0.15, -0.1) is 0 Å². The minimum absolute atomic E-state index is 0.0703. The molecule has 6 heteroatoms. The maximum Gasteiger partial charge on any atom is 0.239 e. The quantitative estimate of drug-likeness (QED) is 0.795. The van der Waals surface area contributed by atoms with Crippen molar-refractivity contribution < 1.29 is 9.59 Å². The molecule has 2 aliphatic heterocycles. The Morgan fingerprint density at radius 1 is 1.33 bits per heavy atom. The second-order valence-corrected chi connectivity index (χ2v) is 8.19. The van der Waals surface area contributed by atoms with Gasteiger partial charge in [0.05, 0.1) is 6.04 Å². The van der Waals surface area contributed by atoms with Crippen LogP contribution in [0.1, 0.15) is 45.1 Å². The van der Waals surface area contributed by atoms with E-state index in [-0.39, 0.29) is 23.3 Å². The van der Waals surface area contributed by atoms with Crippen molar-refractivity contribution in [1.29, 1.82) is 0 Å². The van der Waals surface area contributed by atoms with E-state index in [0.717, 1.165) is 51.0 Å². The summed E-state index contributed by atoms with van der Waals surface area (Å²) >= 11 is 0. The highest BCUT2D eigenvalue weighted by Crippen LogP contribution is 2.40. The van der Waals surface area contributed by atoms with Crippen LogP contribution in [0, 0.1) is 5.41 Å². The molecule has 0 unspecified atom stereocenters. The molecule has 3 heterocycles. The van der Waals surface area contributed by atoms with Crippen molar-refractivity contribution in [1.82, 2.24) is 19.7 Å². The number of piperidine rings is 2. The first kappa shape index (κ1) is 19.8. The van der Waals surface area contributed by atoms with Crippen LogP contribution in [-0.4, -0.2) is 70.8 Å². The molecule has 0 saturated carbocycles. The average molecular weight is 373 g/mol. The molecule has 0 aromatic carbocycles. The maximum atomic E-state index is 12.7. The summed E-state index contributed by atoms with van der Waals surface area (Å²) in [5.41, 5.74) is 1.24. The van der Waals surface area contributed by atoms with E-state index in [4.69, 9.17) is 0 Å². The number of nitrogens with zero attached hydrogens (tertiary/aromatic N) is 4. The molecule has 0 radical (unpaired) electrons. The molecule has 27 heavy (non-hydrogen) atoms. The number of pyridine rings is 1. The molecule has 1 spiro atoms. The minimum Gasteiger partial charge on any atom is -0.341 e. The van der Waals surface area contributed by atoms with Crippen molar-refractivity contribution in [2.75, 3.05) is 33.2 Å². The fourth-order valence-corrected chi connectivity index (χ4v) is 4.29. The van der Waals surface area contributed by atoms with Gasteiger partial charge in [-0.2, -0.15) is 0 Å². The van der Waals surface area contributed by atoms with Gasteiger partial charge >= 0.3 is 0 Å².